The zero-order valence-electron chi connectivity index (χ0n) is 6.74. The average molecular weight is 186 g/mol. The van der Waals surface area contributed by atoms with Gasteiger partial charge < -0.3 is 0 Å². The molecule has 0 spiro atoms. The van der Waals surface area contributed by atoms with Crippen LogP contribution in [0.25, 0.3) is 0 Å². The molecule has 0 atom stereocenters. The highest BCUT2D eigenvalue weighted by atomic mass is 32.2. The van der Waals surface area contributed by atoms with Crippen LogP contribution in [0, 0.1) is 0 Å². The Morgan fingerprint density at radius 3 is 2.75 bits per heavy atom. The summed E-state index contributed by atoms with van der Waals surface area (Å²) >= 11 is 0. The van der Waals surface area contributed by atoms with Gasteiger partial charge in [-0.25, -0.2) is 8.42 Å². The van der Waals surface area contributed by atoms with E-state index in [9.17, 15) is 8.42 Å². The summed E-state index contributed by atoms with van der Waals surface area (Å²) < 4.78 is 22.4. The van der Waals surface area contributed by atoms with Gasteiger partial charge in [-0.15, -0.1) is 0 Å². The first-order valence-corrected chi connectivity index (χ1v) is 5.71. The van der Waals surface area contributed by atoms with Gasteiger partial charge in [-0.3, -0.25) is 5.10 Å². The van der Waals surface area contributed by atoms with E-state index in [-0.39, 0.29) is 0 Å². The lowest BCUT2D eigenvalue weighted by Gasteiger charge is -1.96. The number of aromatic amines is 1. The van der Waals surface area contributed by atoms with Crippen molar-refractivity contribution in [1.82, 2.24) is 10.2 Å². The SMILES string of the molecule is CS(=O)(=O)c1cn[nH]c1C1CC1. The van der Waals surface area contributed by atoms with Crippen molar-refractivity contribution < 1.29 is 8.42 Å². The van der Waals surface area contributed by atoms with Crippen LogP contribution in [0.5, 0.6) is 0 Å². The maximum atomic E-state index is 11.2. The Bertz CT molecular complexity index is 389. The van der Waals surface area contributed by atoms with Crippen LogP contribution < -0.4 is 0 Å². The molecule has 0 radical (unpaired) electrons. The van der Waals surface area contributed by atoms with Gasteiger partial charge in [-0.2, -0.15) is 5.10 Å². The van der Waals surface area contributed by atoms with Gasteiger partial charge in [0.2, 0.25) is 0 Å². The monoisotopic (exact) mass is 186 g/mol. The average Bonchev–Trinajstić information content (AvgIpc) is 2.65. The molecule has 0 unspecified atom stereocenters. The molecule has 2 rings (SSSR count). The molecule has 66 valence electrons. The van der Waals surface area contributed by atoms with Gasteiger partial charge in [-0.05, 0) is 12.8 Å². The molecule has 1 aliphatic carbocycles. The molecule has 1 aromatic heterocycles. The Balaban J connectivity index is 2.49. The molecular weight excluding hydrogens is 176 g/mol. The van der Waals surface area contributed by atoms with E-state index < -0.39 is 9.84 Å². The number of hydrogen-bond donors (Lipinski definition) is 1. The number of hydrogen-bond acceptors (Lipinski definition) is 3. The quantitative estimate of drug-likeness (QED) is 0.739. The van der Waals surface area contributed by atoms with E-state index in [1.54, 1.807) is 0 Å². The third-order valence-electron chi connectivity index (χ3n) is 2.02. The summed E-state index contributed by atoms with van der Waals surface area (Å²) in [6.45, 7) is 0. The fourth-order valence-electron chi connectivity index (χ4n) is 1.25. The molecule has 4 nitrogen and oxygen atoms in total. The van der Waals surface area contributed by atoms with E-state index in [1.807, 2.05) is 0 Å². The second-order valence-electron chi connectivity index (χ2n) is 3.19. The van der Waals surface area contributed by atoms with Crippen molar-refractivity contribution in [3.63, 3.8) is 0 Å². The lowest BCUT2D eigenvalue weighted by Crippen LogP contribution is -1.98. The lowest BCUT2D eigenvalue weighted by molar-refractivity contribution is 0.600. The van der Waals surface area contributed by atoms with Gasteiger partial charge in [0, 0.05) is 12.2 Å². The molecule has 1 aliphatic rings. The highest BCUT2D eigenvalue weighted by molar-refractivity contribution is 7.90. The van der Waals surface area contributed by atoms with Crippen LogP contribution in [0.2, 0.25) is 0 Å². The van der Waals surface area contributed by atoms with Gasteiger partial charge in [0.25, 0.3) is 0 Å². The van der Waals surface area contributed by atoms with Crippen LogP contribution in [0.4, 0.5) is 0 Å². The predicted octanol–water partition coefficient (Wildman–Crippen LogP) is 0.691. The topological polar surface area (TPSA) is 62.8 Å². The summed E-state index contributed by atoms with van der Waals surface area (Å²) in [6, 6.07) is 0. The van der Waals surface area contributed by atoms with Gasteiger partial charge >= 0.3 is 0 Å². The highest BCUT2D eigenvalue weighted by Crippen LogP contribution is 2.41. The van der Waals surface area contributed by atoms with E-state index in [1.165, 1.54) is 12.5 Å². The lowest BCUT2D eigenvalue weighted by atomic mass is 10.3. The molecule has 1 N–H and O–H groups in total. The fourth-order valence-corrected chi connectivity index (χ4v) is 2.10. The van der Waals surface area contributed by atoms with Crippen LogP contribution in [0.3, 0.4) is 0 Å². The van der Waals surface area contributed by atoms with Gasteiger partial charge in [0.15, 0.2) is 9.84 Å². The van der Waals surface area contributed by atoms with Crippen LogP contribution in [0.1, 0.15) is 24.5 Å². The van der Waals surface area contributed by atoms with Gasteiger partial charge in [0.1, 0.15) is 4.90 Å². The molecule has 1 fully saturated rings. The van der Waals surface area contributed by atoms with Crippen molar-refractivity contribution in [2.45, 2.75) is 23.7 Å². The number of nitrogens with one attached hydrogen (secondary N) is 1. The van der Waals surface area contributed by atoms with E-state index in [0.717, 1.165) is 18.5 Å². The maximum Gasteiger partial charge on any atom is 0.178 e. The van der Waals surface area contributed by atoms with Crippen molar-refractivity contribution in [2.24, 2.45) is 0 Å². The summed E-state index contributed by atoms with van der Waals surface area (Å²) in [5.41, 5.74) is 0.789. The maximum absolute atomic E-state index is 11.2. The fraction of sp³-hybridized carbons (Fsp3) is 0.571. The zero-order chi connectivity index (χ0) is 8.77. The standard InChI is InChI=1S/C7H10N2O2S/c1-12(10,11)6-4-8-9-7(6)5-2-3-5/h4-5H,2-3H2,1H3,(H,8,9). The number of nitrogens with zero attached hydrogens (tertiary/aromatic N) is 1. The minimum Gasteiger partial charge on any atom is -0.281 e. The summed E-state index contributed by atoms with van der Waals surface area (Å²) in [5.74, 6) is 0.400. The van der Waals surface area contributed by atoms with Crippen molar-refractivity contribution in [3.8, 4) is 0 Å². The van der Waals surface area contributed by atoms with E-state index in [4.69, 9.17) is 0 Å². The molecule has 0 amide bonds. The molecule has 1 heterocycles. The summed E-state index contributed by atoms with van der Waals surface area (Å²) in [5, 5.41) is 6.49. The van der Waals surface area contributed by atoms with Crippen LogP contribution in [-0.2, 0) is 9.84 Å². The van der Waals surface area contributed by atoms with E-state index in [2.05, 4.69) is 10.2 Å². The highest BCUT2D eigenvalue weighted by Gasteiger charge is 2.30. The number of rotatable bonds is 2. The Morgan fingerprint density at radius 2 is 2.25 bits per heavy atom. The van der Waals surface area contributed by atoms with Crippen molar-refractivity contribution in [3.05, 3.63) is 11.9 Å². The molecule has 0 aromatic carbocycles. The normalized spacial score (nSPS) is 18.1. The Labute approximate surface area is 70.9 Å². The van der Waals surface area contributed by atoms with Crippen molar-refractivity contribution in [2.75, 3.05) is 6.26 Å². The van der Waals surface area contributed by atoms with E-state index >= 15 is 0 Å². The summed E-state index contributed by atoms with van der Waals surface area (Å²) in [7, 11) is -3.09. The van der Waals surface area contributed by atoms with Crippen molar-refractivity contribution >= 4 is 9.84 Å². The molecule has 5 heteroatoms. The summed E-state index contributed by atoms with van der Waals surface area (Å²) in [4.78, 5) is 0.366. The van der Waals surface area contributed by atoms with Crippen LogP contribution >= 0.6 is 0 Å². The molecule has 0 aliphatic heterocycles. The Hall–Kier alpha value is -0.840. The third-order valence-corrected chi connectivity index (χ3v) is 3.14. The molecule has 0 saturated heterocycles. The molecule has 1 saturated carbocycles. The minimum absolute atomic E-state index is 0.366. The predicted molar refractivity (Wildman–Crippen MR) is 43.7 cm³/mol. The van der Waals surface area contributed by atoms with Crippen LogP contribution in [-0.4, -0.2) is 24.9 Å². The van der Waals surface area contributed by atoms with Crippen molar-refractivity contribution in [1.29, 1.82) is 0 Å². The van der Waals surface area contributed by atoms with E-state index in [0.29, 0.717) is 10.8 Å². The largest absolute Gasteiger partial charge is 0.281 e. The van der Waals surface area contributed by atoms with Gasteiger partial charge in [0.05, 0.1) is 11.9 Å². The molecule has 12 heavy (non-hydrogen) atoms. The number of H-pyrrole nitrogens is 1. The van der Waals surface area contributed by atoms with Gasteiger partial charge in [-0.1, -0.05) is 0 Å². The third kappa shape index (κ3) is 1.24. The molecule has 1 aromatic rings. The first-order valence-electron chi connectivity index (χ1n) is 3.82. The molecule has 0 bridgehead atoms. The second-order valence-corrected chi connectivity index (χ2v) is 5.18. The zero-order valence-corrected chi connectivity index (χ0v) is 7.56. The Kier molecular flexibility index (Phi) is 1.51. The summed E-state index contributed by atoms with van der Waals surface area (Å²) in [6.07, 6.45) is 4.75. The minimum atomic E-state index is -3.09. The number of aromatic nitrogens is 2. The molecular formula is C7H10N2O2S. The van der Waals surface area contributed by atoms with Crippen LogP contribution in [0.15, 0.2) is 11.1 Å². The Morgan fingerprint density at radius 1 is 1.58 bits per heavy atom. The first kappa shape index (κ1) is 7.79. The second kappa shape index (κ2) is 2.32. The number of sulfone groups is 1. The first-order chi connectivity index (χ1) is 5.59. The smallest absolute Gasteiger partial charge is 0.178 e.